The van der Waals surface area contributed by atoms with Crippen molar-refractivity contribution in [3.05, 3.63) is 23.8 Å². The van der Waals surface area contributed by atoms with Crippen molar-refractivity contribution < 1.29 is 14.7 Å². The predicted octanol–water partition coefficient (Wildman–Crippen LogP) is 1.46. The molecular formula is C12H14N2O3. The summed E-state index contributed by atoms with van der Waals surface area (Å²) >= 11 is 0. The van der Waals surface area contributed by atoms with Gasteiger partial charge in [-0.2, -0.15) is 0 Å². The average Bonchev–Trinajstić information content (AvgIpc) is 2.29. The first-order chi connectivity index (χ1) is 8.15. The highest BCUT2D eigenvalue weighted by molar-refractivity contribution is 5.94. The van der Waals surface area contributed by atoms with Crippen LogP contribution in [0.25, 0.3) is 0 Å². The Balaban J connectivity index is 2.01. The van der Waals surface area contributed by atoms with Gasteiger partial charge in [0.2, 0.25) is 5.91 Å². The fourth-order valence-electron chi connectivity index (χ4n) is 1.81. The Morgan fingerprint density at radius 3 is 3.00 bits per heavy atom. The van der Waals surface area contributed by atoms with Crippen LogP contribution in [0.3, 0.4) is 0 Å². The van der Waals surface area contributed by atoms with Crippen molar-refractivity contribution in [2.75, 3.05) is 17.2 Å². The number of hydrogen-bond donors (Lipinski definition) is 3. The molecule has 1 aliphatic heterocycles. The molecular weight excluding hydrogens is 220 g/mol. The minimum absolute atomic E-state index is 0.0455. The molecule has 0 saturated heterocycles. The summed E-state index contributed by atoms with van der Waals surface area (Å²) in [5.74, 6) is -0.771. The van der Waals surface area contributed by atoms with Crippen molar-refractivity contribution in [1.82, 2.24) is 0 Å². The molecule has 90 valence electrons. The van der Waals surface area contributed by atoms with Gasteiger partial charge in [-0.05, 0) is 30.2 Å². The standard InChI is InChI=1S/C12H14N2O3/c15-11-4-1-8-7-9(2-3-10(8)14-11)13-6-5-12(16)17/h2-3,7,13H,1,4-6H2,(H,14,15)(H,16,17). The van der Waals surface area contributed by atoms with Crippen LogP contribution in [0.15, 0.2) is 18.2 Å². The molecule has 1 aliphatic rings. The van der Waals surface area contributed by atoms with Gasteiger partial charge in [-0.1, -0.05) is 0 Å². The summed E-state index contributed by atoms with van der Waals surface area (Å²) < 4.78 is 0. The zero-order valence-corrected chi connectivity index (χ0v) is 9.32. The highest BCUT2D eigenvalue weighted by Crippen LogP contribution is 2.25. The van der Waals surface area contributed by atoms with Gasteiger partial charge in [0, 0.05) is 24.3 Å². The van der Waals surface area contributed by atoms with Crippen molar-refractivity contribution in [2.24, 2.45) is 0 Å². The zero-order chi connectivity index (χ0) is 12.3. The molecule has 17 heavy (non-hydrogen) atoms. The number of carbonyl (C=O) groups is 2. The number of aliphatic carboxylic acids is 1. The summed E-state index contributed by atoms with van der Waals surface area (Å²) in [7, 11) is 0. The van der Waals surface area contributed by atoms with E-state index in [1.165, 1.54) is 0 Å². The van der Waals surface area contributed by atoms with Crippen molar-refractivity contribution in [3.63, 3.8) is 0 Å². The lowest BCUT2D eigenvalue weighted by molar-refractivity contribution is -0.136. The van der Waals surface area contributed by atoms with E-state index in [-0.39, 0.29) is 12.3 Å². The lowest BCUT2D eigenvalue weighted by Crippen LogP contribution is -2.19. The van der Waals surface area contributed by atoms with Crippen LogP contribution in [0.4, 0.5) is 11.4 Å². The molecule has 5 heteroatoms. The molecule has 1 heterocycles. The molecule has 1 amide bonds. The summed E-state index contributed by atoms with van der Waals surface area (Å²) in [6, 6.07) is 5.64. The molecule has 0 saturated carbocycles. The third-order valence-corrected chi connectivity index (χ3v) is 2.67. The van der Waals surface area contributed by atoms with Gasteiger partial charge in [0.1, 0.15) is 0 Å². The molecule has 1 aromatic carbocycles. The molecule has 0 aromatic heterocycles. The molecule has 1 aromatic rings. The molecule has 0 radical (unpaired) electrons. The van der Waals surface area contributed by atoms with Crippen LogP contribution in [0, 0.1) is 0 Å². The van der Waals surface area contributed by atoms with Crippen LogP contribution in [0.5, 0.6) is 0 Å². The number of benzene rings is 1. The van der Waals surface area contributed by atoms with E-state index < -0.39 is 5.97 Å². The number of carboxylic acid groups (broad SMARTS) is 1. The smallest absolute Gasteiger partial charge is 0.305 e. The number of fused-ring (bicyclic) bond motifs is 1. The maximum absolute atomic E-state index is 11.2. The largest absolute Gasteiger partial charge is 0.481 e. The van der Waals surface area contributed by atoms with Crippen molar-refractivity contribution >= 4 is 23.3 Å². The number of carbonyl (C=O) groups excluding carboxylic acids is 1. The van der Waals surface area contributed by atoms with Crippen LogP contribution in [0.1, 0.15) is 18.4 Å². The van der Waals surface area contributed by atoms with Gasteiger partial charge >= 0.3 is 5.97 Å². The normalized spacial score (nSPS) is 13.8. The van der Waals surface area contributed by atoms with Gasteiger partial charge in [0.05, 0.1) is 6.42 Å². The molecule has 3 N–H and O–H groups in total. The Hall–Kier alpha value is -2.04. The van der Waals surface area contributed by atoms with E-state index in [1.54, 1.807) is 0 Å². The van der Waals surface area contributed by atoms with Gasteiger partial charge in [-0.3, -0.25) is 9.59 Å². The minimum atomic E-state index is -0.817. The lowest BCUT2D eigenvalue weighted by atomic mass is 10.0. The van der Waals surface area contributed by atoms with Crippen molar-refractivity contribution in [2.45, 2.75) is 19.3 Å². The molecule has 2 rings (SSSR count). The topological polar surface area (TPSA) is 78.4 Å². The Kier molecular flexibility index (Phi) is 3.27. The number of aryl methyl sites for hydroxylation is 1. The summed E-state index contributed by atoms with van der Waals surface area (Å²) in [5.41, 5.74) is 2.83. The van der Waals surface area contributed by atoms with Gasteiger partial charge in [-0.15, -0.1) is 0 Å². The maximum Gasteiger partial charge on any atom is 0.305 e. The molecule has 0 fully saturated rings. The Labute approximate surface area is 98.8 Å². The highest BCUT2D eigenvalue weighted by atomic mass is 16.4. The van der Waals surface area contributed by atoms with Crippen LogP contribution >= 0.6 is 0 Å². The monoisotopic (exact) mass is 234 g/mol. The SMILES string of the molecule is O=C(O)CCNc1ccc2c(c1)CCC(=O)N2. The highest BCUT2D eigenvalue weighted by Gasteiger charge is 2.14. The second kappa shape index (κ2) is 4.86. The molecule has 5 nitrogen and oxygen atoms in total. The Morgan fingerprint density at radius 2 is 2.24 bits per heavy atom. The summed E-state index contributed by atoms with van der Waals surface area (Å²) in [4.78, 5) is 21.5. The number of hydrogen-bond acceptors (Lipinski definition) is 3. The first-order valence-corrected chi connectivity index (χ1v) is 5.53. The van der Waals surface area contributed by atoms with E-state index in [2.05, 4.69) is 10.6 Å². The molecule has 0 bridgehead atoms. The first-order valence-electron chi connectivity index (χ1n) is 5.53. The van der Waals surface area contributed by atoms with E-state index in [0.717, 1.165) is 23.4 Å². The number of amides is 1. The van der Waals surface area contributed by atoms with Crippen LogP contribution in [-0.2, 0) is 16.0 Å². The van der Waals surface area contributed by atoms with Crippen LogP contribution in [0.2, 0.25) is 0 Å². The van der Waals surface area contributed by atoms with Crippen molar-refractivity contribution in [1.29, 1.82) is 0 Å². The second-order valence-corrected chi connectivity index (χ2v) is 3.99. The predicted molar refractivity (Wildman–Crippen MR) is 64.1 cm³/mol. The first kappa shape index (κ1) is 11.4. The third-order valence-electron chi connectivity index (χ3n) is 2.67. The molecule has 0 unspecified atom stereocenters. The zero-order valence-electron chi connectivity index (χ0n) is 9.32. The maximum atomic E-state index is 11.2. The van der Waals surface area contributed by atoms with E-state index in [4.69, 9.17) is 5.11 Å². The number of carboxylic acids is 1. The van der Waals surface area contributed by atoms with Crippen LogP contribution in [-0.4, -0.2) is 23.5 Å². The van der Waals surface area contributed by atoms with E-state index in [9.17, 15) is 9.59 Å². The number of anilines is 2. The lowest BCUT2D eigenvalue weighted by Gasteiger charge is -2.17. The molecule has 0 spiro atoms. The van der Waals surface area contributed by atoms with Crippen LogP contribution < -0.4 is 10.6 Å². The van der Waals surface area contributed by atoms with E-state index in [0.29, 0.717) is 13.0 Å². The summed E-state index contributed by atoms with van der Waals surface area (Å²) in [6.45, 7) is 0.403. The fraction of sp³-hybridized carbons (Fsp3) is 0.333. The Bertz CT molecular complexity index is 457. The average molecular weight is 234 g/mol. The molecule has 0 atom stereocenters. The fourth-order valence-corrected chi connectivity index (χ4v) is 1.81. The van der Waals surface area contributed by atoms with Gasteiger partial charge < -0.3 is 15.7 Å². The van der Waals surface area contributed by atoms with Gasteiger partial charge in [0.15, 0.2) is 0 Å². The summed E-state index contributed by atoms with van der Waals surface area (Å²) in [6.07, 6.45) is 1.33. The third kappa shape index (κ3) is 2.96. The van der Waals surface area contributed by atoms with E-state index >= 15 is 0 Å². The van der Waals surface area contributed by atoms with Gasteiger partial charge in [-0.25, -0.2) is 0 Å². The van der Waals surface area contributed by atoms with Gasteiger partial charge in [0.25, 0.3) is 0 Å². The number of nitrogens with one attached hydrogen (secondary N) is 2. The Morgan fingerprint density at radius 1 is 1.41 bits per heavy atom. The second-order valence-electron chi connectivity index (χ2n) is 3.99. The van der Waals surface area contributed by atoms with Crippen molar-refractivity contribution in [3.8, 4) is 0 Å². The minimum Gasteiger partial charge on any atom is -0.481 e. The summed E-state index contributed by atoms with van der Waals surface area (Å²) in [5, 5.41) is 14.4. The molecule has 0 aliphatic carbocycles. The quantitative estimate of drug-likeness (QED) is 0.737. The number of rotatable bonds is 4. The van der Waals surface area contributed by atoms with E-state index in [1.807, 2.05) is 18.2 Å².